The van der Waals surface area contributed by atoms with Crippen molar-refractivity contribution >= 4 is 17.5 Å². The Kier molecular flexibility index (Phi) is 4.18. The smallest absolute Gasteiger partial charge is 0.287 e. The van der Waals surface area contributed by atoms with Crippen LogP contribution in [-0.4, -0.2) is 30.4 Å². The molecule has 1 aromatic heterocycles. The van der Waals surface area contributed by atoms with Crippen LogP contribution in [0.15, 0.2) is 41.0 Å². The van der Waals surface area contributed by atoms with Crippen LogP contribution in [0.3, 0.4) is 0 Å². The molecule has 0 bridgehead atoms. The molecule has 1 N–H and O–H groups in total. The molecular weight excluding hydrogens is 307 g/mol. The lowest BCUT2D eigenvalue weighted by atomic mass is 10.00. The van der Waals surface area contributed by atoms with Gasteiger partial charge in [-0.15, -0.1) is 0 Å². The van der Waals surface area contributed by atoms with Crippen molar-refractivity contribution in [1.29, 1.82) is 0 Å². The van der Waals surface area contributed by atoms with Gasteiger partial charge in [0.15, 0.2) is 5.76 Å². The van der Waals surface area contributed by atoms with Gasteiger partial charge >= 0.3 is 0 Å². The summed E-state index contributed by atoms with van der Waals surface area (Å²) in [5.74, 6) is -0.434. The number of hydrogen-bond acceptors (Lipinski definition) is 3. The largest absolute Gasteiger partial charge is 0.459 e. The molecule has 116 valence electrons. The fourth-order valence-corrected chi connectivity index (χ4v) is 3.05. The first-order valence-corrected chi connectivity index (χ1v) is 7.43. The van der Waals surface area contributed by atoms with Crippen molar-refractivity contribution in [2.75, 3.05) is 13.6 Å². The normalized spacial score (nSPS) is 22.0. The van der Waals surface area contributed by atoms with E-state index in [0.717, 1.165) is 18.5 Å². The van der Waals surface area contributed by atoms with E-state index in [4.69, 9.17) is 16.0 Å². The predicted molar refractivity (Wildman–Crippen MR) is 81.4 cm³/mol. The summed E-state index contributed by atoms with van der Waals surface area (Å²) < 4.78 is 18.8. The number of carbonyl (C=O) groups excluding carboxylic acids is 1. The van der Waals surface area contributed by atoms with Crippen LogP contribution >= 0.6 is 11.6 Å². The number of furan rings is 1. The Hall–Kier alpha value is -1.85. The van der Waals surface area contributed by atoms with E-state index in [2.05, 4.69) is 10.2 Å². The van der Waals surface area contributed by atoms with Crippen LogP contribution in [0.4, 0.5) is 4.39 Å². The highest BCUT2D eigenvalue weighted by atomic mass is 35.5. The molecule has 4 nitrogen and oxygen atoms in total. The van der Waals surface area contributed by atoms with Crippen molar-refractivity contribution in [3.05, 3.63) is 58.8 Å². The van der Waals surface area contributed by atoms with Crippen LogP contribution in [0.5, 0.6) is 0 Å². The van der Waals surface area contributed by atoms with E-state index in [9.17, 15) is 9.18 Å². The van der Waals surface area contributed by atoms with Gasteiger partial charge in [-0.05, 0) is 43.3 Å². The lowest BCUT2D eigenvalue weighted by Crippen LogP contribution is -2.38. The Morgan fingerprint density at radius 3 is 2.95 bits per heavy atom. The summed E-state index contributed by atoms with van der Waals surface area (Å²) in [7, 11) is 1.95. The highest BCUT2D eigenvalue weighted by Gasteiger charge is 2.34. The first kappa shape index (κ1) is 15.1. The molecule has 0 saturated carbocycles. The number of likely N-dealkylation sites (tertiary alicyclic amines) is 1. The molecule has 1 fully saturated rings. The van der Waals surface area contributed by atoms with Crippen molar-refractivity contribution in [3.63, 3.8) is 0 Å². The molecule has 0 radical (unpaired) electrons. The van der Waals surface area contributed by atoms with Crippen LogP contribution < -0.4 is 5.32 Å². The first-order chi connectivity index (χ1) is 10.6. The van der Waals surface area contributed by atoms with Crippen LogP contribution in [0.1, 0.15) is 28.6 Å². The molecule has 1 saturated heterocycles. The zero-order valence-corrected chi connectivity index (χ0v) is 12.8. The van der Waals surface area contributed by atoms with Gasteiger partial charge in [0.1, 0.15) is 5.82 Å². The van der Waals surface area contributed by atoms with E-state index >= 15 is 0 Å². The molecule has 2 aromatic rings. The third-order valence-corrected chi connectivity index (χ3v) is 4.30. The van der Waals surface area contributed by atoms with E-state index < -0.39 is 5.82 Å². The number of nitrogens with zero attached hydrogens (tertiary/aromatic N) is 1. The molecule has 2 atom stereocenters. The second kappa shape index (κ2) is 6.10. The number of benzene rings is 1. The second-order valence-electron chi connectivity index (χ2n) is 5.44. The van der Waals surface area contributed by atoms with Gasteiger partial charge in [-0.1, -0.05) is 17.7 Å². The lowest BCUT2D eigenvalue weighted by molar-refractivity contribution is 0.0899. The lowest BCUT2D eigenvalue weighted by Gasteiger charge is -2.26. The Bertz CT molecular complexity index is 675. The summed E-state index contributed by atoms with van der Waals surface area (Å²) in [4.78, 5) is 14.2. The number of nitrogens with one attached hydrogen (secondary N) is 1. The fraction of sp³-hybridized carbons (Fsp3) is 0.312. The molecule has 3 rings (SSSR count). The summed E-state index contributed by atoms with van der Waals surface area (Å²) >= 11 is 5.74. The van der Waals surface area contributed by atoms with Crippen LogP contribution in [0.25, 0.3) is 0 Å². The standard InChI is InChI=1S/C16H16ClFN2O2/c1-20-7-6-13(19-16(21)14-3-2-8-22-14)15(20)10-4-5-11(17)12(18)9-10/h2-5,8-9,13,15H,6-7H2,1H3,(H,19,21)/t13-,15-/m1/s1. The molecule has 1 aromatic carbocycles. The van der Waals surface area contributed by atoms with Crippen molar-refractivity contribution < 1.29 is 13.6 Å². The van der Waals surface area contributed by atoms with E-state index in [1.165, 1.54) is 12.3 Å². The molecule has 0 spiro atoms. The Labute approximate surface area is 132 Å². The van der Waals surface area contributed by atoms with Gasteiger partial charge in [0.25, 0.3) is 5.91 Å². The third kappa shape index (κ3) is 2.87. The number of rotatable bonds is 3. The number of halogens is 2. The fourth-order valence-electron chi connectivity index (χ4n) is 2.93. The monoisotopic (exact) mass is 322 g/mol. The molecule has 2 heterocycles. The van der Waals surface area contributed by atoms with Crippen LogP contribution in [0.2, 0.25) is 5.02 Å². The highest BCUT2D eigenvalue weighted by molar-refractivity contribution is 6.30. The summed E-state index contributed by atoms with van der Waals surface area (Å²) in [6.07, 6.45) is 2.25. The van der Waals surface area contributed by atoms with Gasteiger partial charge in [-0.2, -0.15) is 0 Å². The van der Waals surface area contributed by atoms with Crippen molar-refractivity contribution in [2.24, 2.45) is 0 Å². The van der Waals surface area contributed by atoms with E-state index in [-0.39, 0.29) is 28.8 Å². The average molecular weight is 323 g/mol. The van der Waals surface area contributed by atoms with Gasteiger partial charge < -0.3 is 9.73 Å². The van der Waals surface area contributed by atoms with Crippen LogP contribution in [0, 0.1) is 5.82 Å². The molecule has 1 aliphatic rings. The maximum Gasteiger partial charge on any atom is 0.287 e. The minimum absolute atomic E-state index is 0.0920. The number of hydrogen-bond donors (Lipinski definition) is 1. The highest BCUT2D eigenvalue weighted by Crippen LogP contribution is 2.32. The molecule has 6 heteroatoms. The number of likely N-dealkylation sites (N-methyl/N-ethyl adjacent to an activating group) is 1. The SMILES string of the molecule is CN1CC[C@@H](NC(=O)c2ccco2)[C@H]1c1ccc(Cl)c(F)c1. The van der Waals surface area contributed by atoms with Gasteiger partial charge in [0.2, 0.25) is 0 Å². The zero-order valence-electron chi connectivity index (χ0n) is 12.1. The molecular formula is C16H16ClFN2O2. The summed E-state index contributed by atoms with van der Waals surface area (Å²) in [5, 5.41) is 3.06. The third-order valence-electron chi connectivity index (χ3n) is 4.00. The minimum Gasteiger partial charge on any atom is -0.459 e. The van der Waals surface area contributed by atoms with Gasteiger partial charge in [-0.25, -0.2) is 4.39 Å². The van der Waals surface area contributed by atoms with Gasteiger partial charge in [0.05, 0.1) is 23.4 Å². The Morgan fingerprint density at radius 1 is 1.45 bits per heavy atom. The van der Waals surface area contributed by atoms with Crippen LogP contribution in [-0.2, 0) is 0 Å². The maximum atomic E-state index is 13.7. The van der Waals surface area contributed by atoms with Gasteiger partial charge in [0, 0.05) is 6.54 Å². The quantitative estimate of drug-likeness (QED) is 0.943. The minimum atomic E-state index is -0.449. The van der Waals surface area contributed by atoms with E-state index in [0.29, 0.717) is 0 Å². The Balaban J connectivity index is 1.81. The molecule has 0 unspecified atom stereocenters. The molecule has 22 heavy (non-hydrogen) atoms. The number of carbonyl (C=O) groups is 1. The Morgan fingerprint density at radius 2 is 2.27 bits per heavy atom. The average Bonchev–Trinajstić information content (AvgIpc) is 3.13. The van der Waals surface area contributed by atoms with Gasteiger partial charge in [-0.3, -0.25) is 9.69 Å². The second-order valence-corrected chi connectivity index (χ2v) is 5.85. The summed E-state index contributed by atoms with van der Waals surface area (Å²) in [6.45, 7) is 0.817. The zero-order chi connectivity index (χ0) is 15.7. The first-order valence-electron chi connectivity index (χ1n) is 7.06. The number of amides is 1. The van der Waals surface area contributed by atoms with E-state index in [1.54, 1.807) is 24.3 Å². The molecule has 0 aliphatic carbocycles. The van der Waals surface area contributed by atoms with Crippen molar-refractivity contribution in [3.8, 4) is 0 Å². The molecule has 1 aliphatic heterocycles. The topological polar surface area (TPSA) is 45.5 Å². The summed E-state index contributed by atoms with van der Waals surface area (Å²) in [6, 6.07) is 7.86. The van der Waals surface area contributed by atoms with Crippen molar-refractivity contribution in [1.82, 2.24) is 10.2 Å². The predicted octanol–water partition coefficient (Wildman–Crippen LogP) is 3.25. The summed E-state index contributed by atoms with van der Waals surface area (Å²) in [5.41, 5.74) is 0.798. The maximum absolute atomic E-state index is 13.7. The molecule has 1 amide bonds. The van der Waals surface area contributed by atoms with E-state index in [1.807, 2.05) is 7.05 Å². The van der Waals surface area contributed by atoms with Crippen molar-refractivity contribution in [2.45, 2.75) is 18.5 Å².